The summed E-state index contributed by atoms with van der Waals surface area (Å²) in [6.45, 7) is 2.91. The number of aromatic nitrogens is 4. The Hall–Kier alpha value is -1.62. The molecule has 0 spiro atoms. The van der Waals surface area contributed by atoms with Gasteiger partial charge in [-0.3, -0.25) is 4.68 Å². The molecule has 0 aliphatic rings. The summed E-state index contributed by atoms with van der Waals surface area (Å²) in [5.74, 6) is 0.288. The summed E-state index contributed by atoms with van der Waals surface area (Å²) in [5.41, 5.74) is 7.13. The van der Waals surface area contributed by atoms with Crippen LogP contribution in [0.2, 0.25) is 5.02 Å². The average Bonchev–Trinajstić information content (AvgIpc) is 2.71. The van der Waals surface area contributed by atoms with E-state index in [2.05, 4.69) is 22.0 Å². The molecule has 16 heavy (non-hydrogen) atoms. The molecule has 0 aliphatic heterocycles. The maximum atomic E-state index is 6.07. The fourth-order valence-electron chi connectivity index (χ4n) is 1.49. The number of hydrogen-bond acceptors (Lipinski definition) is 4. The van der Waals surface area contributed by atoms with E-state index in [4.69, 9.17) is 17.3 Å². The largest absolute Gasteiger partial charge is 0.382 e. The van der Waals surface area contributed by atoms with Crippen LogP contribution in [0.25, 0.3) is 11.4 Å². The first kappa shape index (κ1) is 10.9. The number of aryl methyl sites for hydroxylation is 1. The number of nitrogen functional groups attached to an aromatic ring is 1. The van der Waals surface area contributed by atoms with Gasteiger partial charge >= 0.3 is 0 Å². The highest BCUT2D eigenvalue weighted by Gasteiger charge is 2.12. The Morgan fingerprint density at radius 1 is 1.44 bits per heavy atom. The van der Waals surface area contributed by atoms with E-state index in [9.17, 15) is 0 Å². The van der Waals surface area contributed by atoms with Crippen molar-refractivity contribution in [2.75, 3.05) is 5.73 Å². The predicted octanol–water partition coefficient (Wildman–Crippen LogP) is 1.99. The lowest BCUT2D eigenvalue weighted by atomic mass is 10.3. The molecule has 84 valence electrons. The standard InChI is InChI=1S/C10H12ClN5/c1-2-5-16-7(3-4-15-16)9-8(11)10(12)14-6-13-9/h3-4,6H,2,5H2,1H3,(H2,12,13,14). The van der Waals surface area contributed by atoms with Crippen molar-refractivity contribution in [2.24, 2.45) is 0 Å². The summed E-state index contributed by atoms with van der Waals surface area (Å²) in [6, 6.07) is 1.86. The first-order valence-electron chi connectivity index (χ1n) is 5.02. The number of anilines is 1. The first-order chi connectivity index (χ1) is 7.74. The van der Waals surface area contributed by atoms with Crippen LogP contribution < -0.4 is 5.73 Å². The average molecular weight is 238 g/mol. The molecule has 2 aromatic heterocycles. The molecule has 0 aromatic carbocycles. The van der Waals surface area contributed by atoms with Crippen LogP contribution in [0.15, 0.2) is 18.6 Å². The quantitative estimate of drug-likeness (QED) is 0.886. The van der Waals surface area contributed by atoms with Gasteiger partial charge in [-0.1, -0.05) is 18.5 Å². The lowest BCUT2D eigenvalue weighted by Gasteiger charge is -2.07. The topological polar surface area (TPSA) is 69.6 Å². The molecule has 0 saturated carbocycles. The van der Waals surface area contributed by atoms with E-state index in [0.717, 1.165) is 18.7 Å². The molecule has 0 fully saturated rings. The zero-order valence-electron chi connectivity index (χ0n) is 8.89. The van der Waals surface area contributed by atoms with Crippen molar-refractivity contribution in [3.8, 4) is 11.4 Å². The van der Waals surface area contributed by atoms with Gasteiger partial charge in [-0.2, -0.15) is 5.10 Å². The van der Waals surface area contributed by atoms with Crippen LogP contribution in [-0.2, 0) is 6.54 Å². The number of halogens is 1. The van der Waals surface area contributed by atoms with Gasteiger partial charge in [-0.25, -0.2) is 9.97 Å². The fourth-order valence-corrected chi connectivity index (χ4v) is 1.68. The second kappa shape index (κ2) is 4.49. The van der Waals surface area contributed by atoms with Gasteiger partial charge in [0.2, 0.25) is 0 Å². The van der Waals surface area contributed by atoms with Crippen LogP contribution in [-0.4, -0.2) is 19.7 Å². The Morgan fingerprint density at radius 2 is 2.25 bits per heavy atom. The molecule has 0 radical (unpaired) electrons. The van der Waals surface area contributed by atoms with Crippen LogP contribution in [0.4, 0.5) is 5.82 Å². The normalized spacial score (nSPS) is 10.6. The Balaban J connectivity index is 2.50. The molecule has 5 nitrogen and oxygen atoms in total. The predicted molar refractivity (Wildman–Crippen MR) is 63.0 cm³/mol. The molecule has 0 amide bonds. The van der Waals surface area contributed by atoms with E-state index < -0.39 is 0 Å². The Labute approximate surface area is 98.3 Å². The molecule has 0 bridgehead atoms. The molecular formula is C10H12ClN5. The molecule has 2 heterocycles. The van der Waals surface area contributed by atoms with E-state index in [1.165, 1.54) is 6.33 Å². The maximum absolute atomic E-state index is 6.07. The number of nitrogens with two attached hydrogens (primary N) is 1. The summed E-state index contributed by atoms with van der Waals surface area (Å²) in [5, 5.41) is 4.59. The minimum Gasteiger partial charge on any atom is -0.382 e. The Bertz CT molecular complexity index is 494. The van der Waals surface area contributed by atoms with E-state index in [0.29, 0.717) is 10.7 Å². The van der Waals surface area contributed by atoms with Crippen molar-refractivity contribution in [3.05, 3.63) is 23.6 Å². The highest BCUT2D eigenvalue weighted by molar-refractivity contribution is 6.35. The smallest absolute Gasteiger partial charge is 0.146 e. The van der Waals surface area contributed by atoms with Crippen LogP contribution in [0.3, 0.4) is 0 Å². The number of nitrogens with zero attached hydrogens (tertiary/aromatic N) is 4. The SMILES string of the molecule is CCCn1nccc1-c1ncnc(N)c1Cl. The number of rotatable bonds is 3. The zero-order valence-corrected chi connectivity index (χ0v) is 9.65. The monoisotopic (exact) mass is 237 g/mol. The van der Waals surface area contributed by atoms with Crippen molar-refractivity contribution < 1.29 is 0 Å². The first-order valence-corrected chi connectivity index (χ1v) is 5.40. The van der Waals surface area contributed by atoms with E-state index >= 15 is 0 Å². The zero-order chi connectivity index (χ0) is 11.5. The summed E-state index contributed by atoms with van der Waals surface area (Å²) in [6.07, 6.45) is 4.12. The molecule has 0 aliphatic carbocycles. The van der Waals surface area contributed by atoms with Crippen molar-refractivity contribution in [1.82, 2.24) is 19.7 Å². The second-order valence-electron chi connectivity index (χ2n) is 3.36. The van der Waals surface area contributed by atoms with Gasteiger partial charge in [-0.15, -0.1) is 0 Å². The molecule has 2 aromatic rings. The van der Waals surface area contributed by atoms with E-state index in [1.807, 2.05) is 10.7 Å². The molecule has 0 saturated heterocycles. The molecular weight excluding hydrogens is 226 g/mol. The molecule has 2 N–H and O–H groups in total. The third-order valence-corrected chi connectivity index (χ3v) is 2.58. The minimum absolute atomic E-state index is 0.288. The second-order valence-corrected chi connectivity index (χ2v) is 3.74. The van der Waals surface area contributed by atoms with Crippen molar-refractivity contribution in [2.45, 2.75) is 19.9 Å². The van der Waals surface area contributed by atoms with Crippen LogP contribution in [0.1, 0.15) is 13.3 Å². The summed E-state index contributed by atoms with van der Waals surface area (Å²) >= 11 is 6.07. The highest BCUT2D eigenvalue weighted by atomic mass is 35.5. The van der Waals surface area contributed by atoms with Crippen LogP contribution in [0.5, 0.6) is 0 Å². The highest BCUT2D eigenvalue weighted by Crippen LogP contribution is 2.28. The van der Waals surface area contributed by atoms with Gasteiger partial charge in [0.05, 0.1) is 5.69 Å². The van der Waals surface area contributed by atoms with E-state index in [1.54, 1.807) is 6.20 Å². The number of hydrogen-bond donors (Lipinski definition) is 1. The van der Waals surface area contributed by atoms with Gasteiger partial charge in [0.1, 0.15) is 22.9 Å². The van der Waals surface area contributed by atoms with Crippen molar-refractivity contribution in [1.29, 1.82) is 0 Å². The van der Waals surface area contributed by atoms with Gasteiger partial charge in [0.15, 0.2) is 0 Å². The minimum atomic E-state index is 0.288. The summed E-state index contributed by atoms with van der Waals surface area (Å²) in [4.78, 5) is 7.97. The third-order valence-electron chi connectivity index (χ3n) is 2.21. The van der Waals surface area contributed by atoms with E-state index in [-0.39, 0.29) is 5.82 Å². The molecule has 0 atom stereocenters. The molecule has 2 rings (SSSR count). The Morgan fingerprint density at radius 3 is 3.00 bits per heavy atom. The molecule has 0 unspecified atom stereocenters. The van der Waals surface area contributed by atoms with Crippen LogP contribution in [0, 0.1) is 0 Å². The lowest BCUT2D eigenvalue weighted by molar-refractivity contribution is 0.608. The summed E-state index contributed by atoms with van der Waals surface area (Å²) < 4.78 is 1.85. The van der Waals surface area contributed by atoms with Crippen molar-refractivity contribution in [3.63, 3.8) is 0 Å². The van der Waals surface area contributed by atoms with Crippen molar-refractivity contribution >= 4 is 17.4 Å². The summed E-state index contributed by atoms with van der Waals surface area (Å²) in [7, 11) is 0. The van der Waals surface area contributed by atoms with Gasteiger partial charge in [0, 0.05) is 12.7 Å². The third kappa shape index (κ3) is 1.86. The lowest BCUT2D eigenvalue weighted by Crippen LogP contribution is -2.03. The van der Waals surface area contributed by atoms with Gasteiger partial charge < -0.3 is 5.73 Å². The Kier molecular flexibility index (Phi) is 3.05. The fraction of sp³-hybridized carbons (Fsp3) is 0.300. The molecule has 6 heteroatoms. The maximum Gasteiger partial charge on any atom is 0.146 e. The van der Waals surface area contributed by atoms with Gasteiger partial charge in [-0.05, 0) is 12.5 Å². The van der Waals surface area contributed by atoms with Gasteiger partial charge in [0.25, 0.3) is 0 Å². The van der Waals surface area contributed by atoms with Crippen LogP contribution >= 0.6 is 11.6 Å².